The minimum Gasteiger partial charge on any atom is -0.309 e. The van der Waals surface area contributed by atoms with E-state index in [9.17, 15) is 4.79 Å². The molecule has 0 aromatic carbocycles. The average Bonchev–Trinajstić information content (AvgIpc) is 2.78. The van der Waals surface area contributed by atoms with Gasteiger partial charge in [-0.1, -0.05) is 19.9 Å². The van der Waals surface area contributed by atoms with E-state index in [1.807, 2.05) is 18.2 Å². The number of hydrogen-bond acceptors (Lipinski definition) is 3. The predicted octanol–water partition coefficient (Wildman–Crippen LogP) is 2.11. The summed E-state index contributed by atoms with van der Waals surface area (Å²) in [6.07, 6.45) is 3.67. The fraction of sp³-hybridized carbons (Fsp3) is 0.308. The third kappa shape index (κ3) is 3.16. The summed E-state index contributed by atoms with van der Waals surface area (Å²) in [5.74, 6) is 0.832. The molecule has 2 rings (SSSR count). The fourth-order valence-electron chi connectivity index (χ4n) is 1.57. The van der Waals surface area contributed by atoms with Crippen LogP contribution in [0.5, 0.6) is 0 Å². The molecular weight excluding hydrogens is 228 g/mol. The Hall–Kier alpha value is -2.17. The number of H-pyrrole nitrogens is 1. The van der Waals surface area contributed by atoms with Gasteiger partial charge in [0.1, 0.15) is 0 Å². The molecule has 2 aromatic heterocycles. The molecule has 5 nitrogen and oxygen atoms in total. The Morgan fingerprint density at radius 1 is 1.50 bits per heavy atom. The Bertz CT molecular complexity index is 519. The number of nitrogens with one attached hydrogen (secondary N) is 2. The Morgan fingerprint density at radius 3 is 2.94 bits per heavy atom. The minimum atomic E-state index is -0.0928. The Labute approximate surface area is 106 Å². The number of anilines is 1. The van der Waals surface area contributed by atoms with Gasteiger partial charge in [-0.15, -0.1) is 0 Å². The van der Waals surface area contributed by atoms with E-state index in [2.05, 4.69) is 34.3 Å². The van der Waals surface area contributed by atoms with Gasteiger partial charge in [-0.2, -0.15) is 5.10 Å². The van der Waals surface area contributed by atoms with E-state index in [0.717, 1.165) is 11.3 Å². The number of carbonyl (C=O) groups is 1. The summed E-state index contributed by atoms with van der Waals surface area (Å²) in [4.78, 5) is 15.7. The molecule has 0 unspecified atom stereocenters. The Kier molecular flexibility index (Phi) is 3.72. The molecule has 94 valence electrons. The van der Waals surface area contributed by atoms with Crippen LogP contribution >= 0.6 is 0 Å². The van der Waals surface area contributed by atoms with Crippen molar-refractivity contribution in [1.82, 2.24) is 15.2 Å². The molecule has 0 radical (unpaired) electrons. The molecule has 1 amide bonds. The summed E-state index contributed by atoms with van der Waals surface area (Å²) in [7, 11) is 0. The molecule has 0 saturated heterocycles. The number of nitrogens with zero attached hydrogens (tertiary/aromatic N) is 2. The lowest BCUT2D eigenvalue weighted by molar-refractivity contribution is -0.115. The van der Waals surface area contributed by atoms with E-state index in [-0.39, 0.29) is 5.91 Å². The second kappa shape index (κ2) is 5.44. The zero-order valence-corrected chi connectivity index (χ0v) is 10.5. The summed E-state index contributed by atoms with van der Waals surface area (Å²) in [5.41, 5.74) is 1.89. The zero-order valence-electron chi connectivity index (χ0n) is 10.5. The summed E-state index contributed by atoms with van der Waals surface area (Å²) in [5, 5.41) is 9.70. The number of amides is 1. The Morgan fingerprint density at radius 2 is 2.33 bits per heavy atom. The van der Waals surface area contributed by atoms with Gasteiger partial charge in [0.2, 0.25) is 5.91 Å². The van der Waals surface area contributed by atoms with Gasteiger partial charge in [0, 0.05) is 24.2 Å². The van der Waals surface area contributed by atoms with Crippen molar-refractivity contribution in [3.63, 3.8) is 0 Å². The molecule has 18 heavy (non-hydrogen) atoms. The molecule has 0 aliphatic carbocycles. The first-order chi connectivity index (χ1) is 8.65. The SMILES string of the molecule is CC(C)c1cc(NC(=O)Cc2cccnc2)n[nH]1. The molecule has 5 heteroatoms. The summed E-state index contributed by atoms with van der Waals surface area (Å²) in [6, 6.07) is 5.54. The van der Waals surface area contributed by atoms with Gasteiger partial charge in [-0.05, 0) is 17.5 Å². The van der Waals surface area contributed by atoms with Crippen LogP contribution in [-0.2, 0) is 11.2 Å². The highest BCUT2D eigenvalue weighted by Gasteiger charge is 2.08. The van der Waals surface area contributed by atoms with E-state index in [0.29, 0.717) is 18.2 Å². The number of pyridine rings is 1. The van der Waals surface area contributed by atoms with E-state index in [1.54, 1.807) is 12.4 Å². The van der Waals surface area contributed by atoms with Crippen LogP contribution in [0.25, 0.3) is 0 Å². The topological polar surface area (TPSA) is 70.7 Å². The van der Waals surface area contributed by atoms with Crippen LogP contribution in [0.1, 0.15) is 31.0 Å². The average molecular weight is 244 g/mol. The number of rotatable bonds is 4. The van der Waals surface area contributed by atoms with Gasteiger partial charge in [-0.25, -0.2) is 0 Å². The zero-order chi connectivity index (χ0) is 13.0. The van der Waals surface area contributed by atoms with Crippen molar-refractivity contribution >= 4 is 11.7 Å². The number of aromatic amines is 1. The maximum atomic E-state index is 11.8. The van der Waals surface area contributed by atoms with Crippen molar-refractivity contribution in [3.05, 3.63) is 41.9 Å². The van der Waals surface area contributed by atoms with Crippen molar-refractivity contribution in [2.45, 2.75) is 26.2 Å². The lowest BCUT2D eigenvalue weighted by atomic mass is 10.1. The number of aromatic nitrogens is 3. The van der Waals surface area contributed by atoms with Gasteiger partial charge in [-0.3, -0.25) is 14.9 Å². The van der Waals surface area contributed by atoms with Crippen LogP contribution < -0.4 is 5.32 Å². The van der Waals surface area contributed by atoms with Crippen LogP contribution in [0, 0.1) is 0 Å². The van der Waals surface area contributed by atoms with Crippen LogP contribution in [0.15, 0.2) is 30.6 Å². The molecule has 0 fully saturated rings. The molecule has 2 aromatic rings. The first-order valence-corrected chi connectivity index (χ1v) is 5.89. The van der Waals surface area contributed by atoms with E-state index >= 15 is 0 Å². The second-order valence-electron chi connectivity index (χ2n) is 4.45. The normalized spacial score (nSPS) is 10.6. The second-order valence-corrected chi connectivity index (χ2v) is 4.45. The van der Waals surface area contributed by atoms with Gasteiger partial charge >= 0.3 is 0 Å². The van der Waals surface area contributed by atoms with Crippen molar-refractivity contribution in [2.75, 3.05) is 5.32 Å². The van der Waals surface area contributed by atoms with Crippen molar-refractivity contribution in [2.24, 2.45) is 0 Å². The van der Waals surface area contributed by atoms with Gasteiger partial charge in [0.05, 0.1) is 6.42 Å². The summed E-state index contributed by atoms with van der Waals surface area (Å²) >= 11 is 0. The molecule has 0 bridgehead atoms. The molecule has 2 N–H and O–H groups in total. The Balaban J connectivity index is 1.95. The van der Waals surface area contributed by atoms with Crippen LogP contribution in [0.3, 0.4) is 0 Å². The standard InChI is InChI=1S/C13H16N4O/c1-9(2)11-7-12(17-16-11)15-13(18)6-10-4-3-5-14-8-10/h3-5,7-9H,6H2,1-2H3,(H2,15,16,17,18). The highest BCUT2D eigenvalue weighted by molar-refractivity contribution is 5.91. The molecule has 0 aliphatic rings. The van der Waals surface area contributed by atoms with Crippen molar-refractivity contribution < 1.29 is 4.79 Å². The molecular formula is C13H16N4O. The smallest absolute Gasteiger partial charge is 0.230 e. The van der Waals surface area contributed by atoms with Gasteiger partial charge in [0.15, 0.2) is 5.82 Å². The predicted molar refractivity (Wildman–Crippen MR) is 69.2 cm³/mol. The van der Waals surface area contributed by atoms with Gasteiger partial charge < -0.3 is 5.32 Å². The van der Waals surface area contributed by atoms with E-state index in [4.69, 9.17) is 0 Å². The molecule has 0 saturated carbocycles. The fourth-order valence-corrected chi connectivity index (χ4v) is 1.57. The quantitative estimate of drug-likeness (QED) is 0.865. The minimum absolute atomic E-state index is 0.0928. The maximum Gasteiger partial charge on any atom is 0.230 e. The number of hydrogen-bond donors (Lipinski definition) is 2. The van der Waals surface area contributed by atoms with Gasteiger partial charge in [0.25, 0.3) is 0 Å². The first-order valence-electron chi connectivity index (χ1n) is 5.89. The van der Waals surface area contributed by atoms with Crippen LogP contribution in [-0.4, -0.2) is 21.1 Å². The largest absolute Gasteiger partial charge is 0.309 e. The van der Waals surface area contributed by atoms with E-state index in [1.165, 1.54) is 0 Å². The third-order valence-corrected chi connectivity index (χ3v) is 2.57. The maximum absolute atomic E-state index is 11.8. The number of carbonyl (C=O) groups excluding carboxylic acids is 1. The van der Waals surface area contributed by atoms with Crippen molar-refractivity contribution in [1.29, 1.82) is 0 Å². The van der Waals surface area contributed by atoms with Crippen LogP contribution in [0.4, 0.5) is 5.82 Å². The summed E-state index contributed by atoms with van der Waals surface area (Å²) < 4.78 is 0. The van der Waals surface area contributed by atoms with E-state index < -0.39 is 0 Å². The molecule has 0 atom stereocenters. The van der Waals surface area contributed by atoms with Crippen molar-refractivity contribution in [3.8, 4) is 0 Å². The van der Waals surface area contributed by atoms with Crippen LogP contribution in [0.2, 0.25) is 0 Å². The first kappa shape index (κ1) is 12.3. The monoisotopic (exact) mass is 244 g/mol. The lowest BCUT2D eigenvalue weighted by Crippen LogP contribution is -2.14. The highest BCUT2D eigenvalue weighted by Crippen LogP contribution is 2.14. The molecule has 0 spiro atoms. The lowest BCUT2D eigenvalue weighted by Gasteiger charge is -2.01. The molecule has 0 aliphatic heterocycles. The third-order valence-electron chi connectivity index (χ3n) is 2.57. The highest BCUT2D eigenvalue weighted by atomic mass is 16.1. The summed E-state index contributed by atoms with van der Waals surface area (Å²) in [6.45, 7) is 4.13. The molecule has 2 heterocycles.